The molecule has 0 bridgehead atoms. The number of hydrogen-bond acceptors (Lipinski definition) is 3. The number of halogens is 1. The van der Waals surface area contributed by atoms with Crippen molar-refractivity contribution in [1.82, 2.24) is 4.98 Å². The predicted octanol–water partition coefficient (Wildman–Crippen LogP) is 3.66. The molecule has 0 saturated carbocycles. The number of para-hydroxylation sites is 1. The molecule has 4 nitrogen and oxygen atoms in total. The molecule has 2 aromatic carbocycles. The minimum atomic E-state index is -0.0738. The molecule has 1 saturated heterocycles. The van der Waals surface area contributed by atoms with Crippen molar-refractivity contribution in [2.24, 2.45) is 0 Å². The summed E-state index contributed by atoms with van der Waals surface area (Å²) in [5, 5.41) is 1.23. The van der Waals surface area contributed by atoms with Crippen LogP contribution in [0.1, 0.15) is 29.6 Å². The van der Waals surface area contributed by atoms with Crippen molar-refractivity contribution in [3.8, 4) is 0 Å². The maximum absolute atomic E-state index is 13.3. The molecule has 2 heterocycles. The number of amides is 1. The van der Waals surface area contributed by atoms with Gasteiger partial charge in [-0.05, 0) is 24.3 Å². The van der Waals surface area contributed by atoms with Crippen molar-refractivity contribution >= 4 is 44.2 Å². The van der Waals surface area contributed by atoms with Gasteiger partial charge in [0.25, 0.3) is 5.91 Å². The molecule has 0 radical (unpaired) electrons. The number of hydrogen-bond donors (Lipinski definition) is 1. The number of benzene rings is 2. The lowest BCUT2D eigenvalue weighted by molar-refractivity contribution is -0.892. The van der Waals surface area contributed by atoms with E-state index in [0.29, 0.717) is 23.2 Å². The van der Waals surface area contributed by atoms with E-state index in [0.717, 1.165) is 21.8 Å². The van der Waals surface area contributed by atoms with E-state index >= 15 is 0 Å². The molecule has 1 amide bonds. The van der Waals surface area contributed by atoms with Crippen LogP contribution in [0.5, 0.6) is 0 Å². The number of nitrogens with zero attached hydrogens (tertiary/aromatic N) is 2. The Morgan fingerprint density at radius 3 is 2.78 bits per heavy atom. The SMILES string of the molecule is C[NH+]1CCC[C@@H]1CCN(C(=O)c1ccccc1Cl)c1nc2ccccc2s1. The number of aromatic nitrogens is 1. The molecule has 27 heavy (non-hydrogen) atoms. The first kappa shape index (κ1) is 18.4. The highest BCUT2D eigenvalue weighted by molar-refractivity contribution is 7.22. The molecule has 0 aliphatic carbocycles. The van der Waals surface area contributed by atoms with Crippen LogP contribution < -0.4 is 9.80 Å². The van der Waals surface area contributed by atoms with Gasteiger partial charge in [-0.2, -0.15) is 0 Å². The highest BCUT2D eigenvalue weighted by Gasteiger charge is 2.28. The Bertz CT molecular complexity index is 924. The second-order valence-corrected chi connectivity index (χ2v) is 8.54. The average Bonchev–Trinajstić information content (AvgIpc) is 3.28. The topological polar surface area (TPSA) is 37.6 Å². The van der Waals surface area contributed by atoms with E-state index in [1.807, 2.05) is 41.3 Å². The monoisotopic (exact) mass is 400 g/mol. The summed E-state index contributed by atoms with van der Waals surface area (Å²) in [6, 6.07) is 15.9. The van der Waals surface area contributed by atoms with Gasteiger partial charge in [-0.25, -0.2) is 4.98 Å². The first-order valence-corrected chi connectivity index (χ1v) is 10.6. The van der Waals surface area contributed by atoms with Crippen molar-refractivity contribution in [2.75, 3.05) is 25.0 Å². The Morgan fingerprint density at radius 2 is 2.04 bits per heavy atom. The number of anilines is 1. The molecule has 1 aliphatic heterocycles. The minimum absolute atomic E-state index is 0.0738. The Morgan fingerprint density at radius 1 is 1.26 bits per heavy atom. The van der Waals surface area contributed by atoms with E-state index in [4.69, 9.17) is 16.6 Å². The Kier molecular flexibility index (Phi) is 5.43. The maximum Gasteiger partial charge on any atom is 0.261 e. The van der Waals surface area contributed by atoms with Crippen molar-refractivity contribution in [2.45, 2.75) is 25.3 Å². The lowest BCUT2D eigenvalue weighted by Crippen LogP contribution is -3.10. The van der Waals surface area contributed by atoms with E-state index in [-0.39, 0.29) is 5.91 Å². The van der Waals surface area contributed by atoms with E-state index in [1.54, 1.807) is 28.4 Å². The van der Waals surface area contributed by atoms with Crippen LogP contribution in [-0.4, -0.2) is 37.1 Å². The Hall–Kier alpha value is -1.95. The summed E-state index contributed by atoms with van der Waals surface area (Å²) >= 11 is 7.87. The second-order valence-electron chi connectivity index (χ2n) is 7.12. The van der Waals surface area contributed by atoms with Crippen LogP contribution >= 0.6 is 22.9 Å². The largest absolute Gasteiger partial charge is 0.335 e. The molecule has 2 atom stereocenters. The van der Waals surface area contributed by atoms with E-state index in [2.05, 4.69) is 7.05 Å². The third-order valence-electron chi connectivity index (χ3n) is 5.38. The van der Waals surface area contributed by atoms with Crippen LogP contribution in [0.2, 0.25) is 5.02 Å². The molecule has 4 rings (SSSR count). The maximum atomic E-state index is 13.3. The van der Waals surface area contributed by atoms with Gasteiger partial charge in [0.2, 0.25) is 0 Å². The standard InChI is InChI=1S/C21H22ClN3OS/c1-24-13-6-7-15(24)12-14-25(20(26)16-8-2-3-9-17(16)22)21-23-18-10-4-5-11-19(18)27-21/h2-5,8-11,15H,6-7,12-14H2,1H3/p+1/t15-/m1/s1. The fraction of sp³-hybridized carbons (Fsp3) is 0.333. The summed E-state index contributed by atoms with van der Waals surface area (Å²) in [4.78, 5) is 21.4. The molecular formula is C21H23ClN3OS+. The number of likely N-dealkylation sites (tertiary alicyclic amines) is 1. The van der Waals surface area contributed by atoms with Gasteiger partial charge < -0.3 is 4.90 Å². The number of nitrogens with one attached hydrogen (secondary N) is 1. The zero-order valence-corrected chi connectivity index (χ0v) is 16.9. The normalized spacial score (nSPS) is 19.5. The summed E-state index contributed by atoms with van der Waals surface area (Å²) in [5.41, 5.74) is 1.46. The smallest absolute Gasteiger partial charge is 0.261 e. The highest BCUT2D eigenvalue weighted by Crippen LogP contribution is 2.31. The highest BCUT2D eigenvalue weighted by atomic mass is 35.5. The number of rotatable bonds is 5. The number of fused-ring (bicyclic) bond motifs is 1. The molecule has 140 valence electrons. The Labute approximate surface area is 168 Å². The van der Waals surface area contributed by atoms with Gasteiger partial charge in [-0.3, -0.25) is 9.69 Å². The fourth-order valence-corrected chi connectivity index (χ4v) is 5.00. The Balaban J connectivity index is 1.65. The first-order chi connectivity index (χ1) is 13.1. The second kappa shape index (κ2) is 7.97. The van der Waals surface area contributed by atoms with Gasteiger partial charge >= 0.3 is 0 Å². The number of thiazole rings is 1. The number of quaternary nitrogens is 1. The van der Waals surface area contributed by atoms with Crippen LogP contribution in [0.25, 0.3) is 10.2 Å². The van der Waals surface area contributed by atoms with Crippen molar-refractivity contribution in [3.05, 3.63) is 59.1 Å². The molecule has 1 N–H and O–H groups in total. The van der Waals surface area contributed by atoms with E-state index < -0.39 is 0 Å². The van der Waals surface area contributed by atoms with Crippen molar-refractivity contribution in [1.29, 1.82) is 0 Å². The number of carbonyl (C=O) groups is 1. The van der Waals surface area contributed by atoms with E-state index in [9.17, 15) is 4.79 Å². The zero-order chi connectivity index (χ0) is 18.8. The van der Waals surface area contributed by atoms with Gasteiger partial charge in [0, 0.05) is 25.8 Å². The van der Waals surface area contributed by atoms with Gasteiger partial charge in [-0.1, -0.05) is 47.2 Å². The summed E-state index contributed by atoms with van der Waals surface area (Å²) in [6.45, 7) is 1.87. The van der Waals surface area contributed by atoms with E-state index in [1.165, 1.54) is 19.4 Å². The lowest BCUT2D eigenvalue weighted by atomic mass is 10.1. The molecule has 1 aromatic heterocycles. The summed E-state index contributed by atoms with van der Waals surface area (Å²) in [7, 11) is 2.25. The molecule has 1 unspecified atom stereocenters. The fourth-order valence-electron chi connectivity index (χ4n) is 3.79. The summed E-state index contributed by atoms with van der Waals surface area (Å²) < 4.78 is 1.09. The van der Waals surface area contributed by atoms with Crippen LogP contribution in [0.15, 0.2) is 48.5 Å². The molecule has 1 aliphatic rings. The molecule has 0 spiro atoms. The average molecular weight is 401 g/mol. The predicted molar refractivity (Wildman–Crippen MR) is 112 cm³/mol. The van der Waals surface area contributed by atoms with Gasteiger partial charge in [-0.15, -0.1) is 0 Å². The minimum Gasteiger partial charge on any atom is -0.335 e. The van der Waals surface area contributed by atoms with Gasteiger partial charge in [0.1, 0.15) is 0 Å². The third kappa shape index (κ3) is 3.86. The molecular weight excluding hydrogens is 378 g/mol. The number of carbonyl (C=O) groups excluding carboxylic acids is 1. The van der Waals surface area contributed by atoms with Crippen LogP contribution in [0.3, 0.4) is 0 Å². The first-order valence-electron chi connectivity index (χ1n) is 9.38. The van der Waals surface area contributed by atoms with Crippen LogP contribution in [0, 0.1) is 0 Å². The molecule has 1 fully saturated rings. The van der Waals surface area contributed by atoms with Crippen LogP contribution in [-0.2, 0) is 0 Å². The quantitative estimate of drug-likeness (QED) is 0.709. The summed E-state index contributed by atoms with van der Waals surface area (Å²) in [5.74, 6) is -0.0738. The molecule has 3 aromatic rings. The third-order valence-corrected chi connectivity index (χ3v) is 6.77. The van der Waals surface area contributed by atoms with Gasteiger partial charge in [0.15, 0.2) is 5.13 Å². The molecule has 6 heteroatoms. The van der Waals surface area contributed by atoms with Crippen molar-refractivity contribution < 1.29 is 9.69 Å². The summed E-state index contributed by atoms with van der Waals surface area (Å²) in [6.07, 6.45) is 3.45. The van der Waals surface area contributed by atoms with Crippen LogP contribution in [0.4, 0.5) is 5.13 Å². The lowest BCUT2D eigenvalue weighted by Gasteiger charge is -2.23. The zero-order valence-electron chi connectivity index (χ0n) is 15.3. The van der Waals surface area contributed by atoms with Crippen molar-refractivity contribution in [3.63, 3.8) is 0 Å². The van der Waals surface area contributed by atoms with Gasteiger partial charge in [0.05, 0.1) is 40.4 Å².